The number of ether oxygens (including phenoxy) is 1. The average Bonchev–Trinajstić information content (AvgIpc) is 3.18. The summed E-state index contributed by atoms with van der Waals surface area (Å²) >= 11 is 1.71. The second-order valence-corrected chi connectivity index (χ2v) is 9.04. The van der Waals surface area contributed by atoms with Crippen molar-refractivity contribution in [1.82, 2.24) is 15.3 Å². The highest BCUT2D eigenvalue weighted by molar-refractivity contribution is 7.19. The van der Waals surface area contributed by atoms with Crippen LogP contribution in [0.3, 0.4) is 0 Å². The molecule has 0 atom stereocenters. The number of pyridine rings is 1. The summed E-state index contributed by atoms with van der Waals surface area (Å²) in [5.74, 6) is 0. The summed E-state index contributed by atoms with van der Waals surface area (Å²) in [5, 5.41) is 13.7. The summed E-state index contributed by atoms with van der Waals surface area (Å²) in [5.41, 5.74) is 5.53. The fraction of sp³-hybridized carbons (Fsp3) is 0.348. The van der Waals surface area contributed by atoms with E-state index in [1.54, 1.807) is 11.3 Å². The summed E-state index contributed by atoms with van der Waals surface area (Å²) in [6.45, 7) is 8.21. The minimum Gasteiger partial charge on any atom is -0.369 e. The molecule has 0 unspecified atom stereocenters. The van der Waals surface area contributed by atoms with Crippen LogP contribution >= 0.6 is 11.3 Å². The first-order valence-electron chi connectivity index (χ1n) is 10.1. The normalized spacial score (nSPS) is 17.6. The van der Waals surface area contributed by atoms with Gasteiger partial charge in [0.1, 0.15) is 5.60 Å². The standard InChI is InChI=1S/C23H23N5OS/c1-15-8-19(9-16(2)26-15)21-20(18-5-3-4-17(10-18)11-24)27-22(30-21)28-6-7-29-23(14-28)12-25-13-23/h3-5,8-10,25H,6-7,12-14H2,1-2H3. The van der Waals surface area contributed by atoms with Crippen molar-refractivity contribution in [2.75, 3.05) is 37.7 Å². The van der Waals surface area contributed by atoms with Crippen LogP contribution in [0.4, 0.5) is 5.13 Å². The molecule has 1 spiro atoms. The van der Waals surface area contributed by atoms with E-state index in [4.69, 9.17) is 9.72 Å². The molecule has 152 valence electrons. The molecule has 2 saturated heterocycles. The van der Waals surface area contributed by atoms with Gasteiger partial charge in [-0.05, 0) is 43.7 Å². The summed E-state index contributed by atoms with van der Waals surface area (Å²) in [6, 6.07) is 14.2. The SMILES string of the molecule is Cc1cc(-c2sc(N3CCOC4(CNC4)C3)nc2-c2cccc(C#N)c2)cc(C)n1. The van der Waals surface area contributed by atoms with Gasteiger partial charge in [-0.1, -0.05) is 23.5 Å². The Morgan fingerprint density at radius 3 is 2.63 bits per heavy atom. The van der Waals surface area contributed by atoms with E-state index in [-0.39, 0.29) is 5.60 Å². The maximum Gasteiger partial charge on any atom is 0.186 e. The zero-order chi connectivity index (χ0) is 20.7. The fourth-order valence-electron chi connectivity index (χ4n) is 4.16. The van der Waals surface area contributed by atoms with Crippen LogP contribution in [0.25, 0.3) is 21.7 Å². The number of nitrogens with zero attached hydrogens (tertiary/aromatic N) is 4. The molecular formula is C23H23N5OS. The van der Waals surface area contributed by atoms with Gasteiger partial charge in [0.15, 0.2) is 5.13 Å². The van der Waals surface area contributed by atoms with E-state index in [2.05, 4.69) is 33.4 Å². The lowest BCUT2D eigenvalue weighted by Gasteiger charge is -2.48. The van der Waals surface area contributed by atoms with Crippen molar-refractivity contribution >= 4 is 16.5 Å². The molecule has 0 bridgehead atoms. The fourth-order valence-corrected chi connectivity index (χ4v) is 5.26. The molecule has 0 amide bonds. The molecule has 7 heteroatoms. The zero-order valence-electron chi connectivity index (χ0n) is 17.1. The molecule has 5 rings (SSSR count). The molecule has 0 radical (unpaired) electrons. The molecule has 2 aliphatic rings. The quantitative estimate of drug-likeness (QED) is 0.703. The third kappa shape index (κ3) is 3.47. The molecular weight excluding hydrogens is 394 g/mol. The van der Waals surface area contributed by atoms with Crippen LogP contribution in [0.15, 0.2) is 36.4 Å². The van der Waals surface area contributed by atoms with Crippen LogP contribution in [-0.2, 0) is 4.74 Å². The van der Waals surface area contributed by atoms with Crippen LogP contribution in [-0.4, -0.2) is 48.4 Å². The molecule has 1 aromatic carbocycles. The van der Waals surface area contributed by atoms with Gasteiger partial charge >= 0.3 is 0 Å². The maximum atomic E-state index is 9.36. The molecule has 0 aliphatic carbocycles. The Morgan fingerprint density at radius 2 is 1.93 bits per heavy atom. The van der Waals surface area contributed by atoms with Gasteiger partial charge in [-0.2, -0.15) is 5.26 Å². The van der Waals surface area contributed by atoms with E-state index >= 15 is 0 Å². The van der Waals surface area contributed by atoms with Crippen molar-refractivity contribution in [2.24, 2.45) is 0 Å². The highest BCUT2D eigenvalue weighted by Gasteiger charge is 2.43. The predicted molar refractivity (Wildman–Crippen MR) is 119 cm³/mol. The van der Waals surface area contributed by atoms with E-state index in [0.29, 0.717) is 12.2 Å². The van der Waals surface area contributed by atoms with E-state index < -0.39 is 0 Å². The number of nitrogens with one attached hydrogen (secondary N) is 1. The number of hydrogen-bond acceptors (Lipinski definition) is 7. The van der Waals surface area contributed by atoms with Crippen molar-refractivity contribution < 1.29 is 4.74 Å². The number of nitriles is 1. The summed E-state index contributed by atoms with van der Waals surface area (Å²) in [6.07, 6.45) is 0. The molecule has 30 heavy (non-hydrogen) atoms. The number of aromatic nitrogens is 2. The Hall–Kier alpha value is -2.79. The highest BCUT2D eigenvalue weighted by Crippen LogP contribution is 2.42. The van der Waals surface area contributed by atoms with E-state index in [1.807, 2.05) is 38.1 Å². The minimum atomic E-state index is -0.0885. The number of thiazole rings is 1. The van der Waals surface area contributed by atoms with Crippen LogP contribution in [0.5, 0.6) is 0 Å². The Kier molecular flexibility index (Phi) is 4.78. The van der Waals surface area contributed by atoms with Gasteiger partial charge in [-0.25, -0.2) is 4.98 Å². The van der Waals surface area contributed by atoms with Crippen molar-refractivity contribution in [3.63, 3.8) is 0 Å². The molecule has 2 aromatic heterocycles. The molecule has 4 heterocycles. The maximum absolute atomic E-state index is 9.36. The Bertz CT molecular complexity index is 1120. The molecule has 3 aromatic rings. The van der Waals surface area contributed by atoms with Gasteiger partial charge in [0.2, 0.25) is 0 Å². The summed E-state index contributed by atoms with van der Waals surface area (Å²) < 4.78 is 6.05. The largest absolute Gasteiger partial charge is 0.369 e. The predicted octanol–water partition coefficient (Wildman–Crippen LogP) is 3.54. The number of hydrogen-bond donors (Lipinski definition) is 1. The summed E-state index contributed by atoms with van der Waals surface area (Å²) in [4.78, 5) is 13.1. The third-order valence-corrected chi connectivity index (χ3v) is 6.80. The lowest BCUT2D eigenvalue weighted by atomic mass is 9.95. The molecule has 0 saturated carbocycles. The number of aryl methyl sites for hydroxylation is 2. The Labute approximate surface area is 180 Å². The Balaban J connectivity index is 1.61. The van der Waals surface area contributed by atoms with E-state index in [1.165, 1.54) is 0 Å². The summed E-state index contributed by atoms with van der Waals surface area (Å²) in [7, 11) is 0. The van der Waals surface area contributed by atoms with Crippen molar-refractivity contribution in [3.05, 3.63) is 53.3 Å². The van der Waals surface area contributed by atoms with Gasteiger partial charge in [-0.15, -0.1) is 0 Å². The number of morpholine rings is 1. The van der Waals surface area contributed by atoms with Crippen LogP contribution in [0.1, 0.15) is 17.0 Å². The lowest BCUT2D eigenvalue weighted by Crippen LogP contribution is -2.69. The first-order valence-corrected chi connectivity index (χ1v) is 10.9. The average molecular weight is 418 g/mol. The van der Waals surface area contributed by atoms with Gasteiger partial charge < -0.3 is 15.0 Å². The van der Waals surface area contributed by atoms with Gasteiger partial charge in [0.25, 0.3) is 0 Å². The number of anilines is 1. The van der Waals surface area contributed by atoms with Gasteiger partial charge in [0, 0.05) is 36.6 Å². The van der Waals surface area contributed by atoms with E-state index in [9.17, 15) is 5.26 Å². The van der Waals surface area contributed by atoms with Crippen LogP contribution in [0, 0.1) is 25.2 Å². The first-order chi connectivity index (χ1) is 14.5. The van der Waals surface area contributed by atoms with Crippen molar-refractivity contribution in [2.45, 2.75) is 19.4 Å². The van der Waals surface area contributed by atoms with Crippen molar-refractivity contribution in [3.8, 4) is 27.8 Å². The minimum absolute atomic E-state index is 0.0885. The zero-order valence-corrected chi connectivity index (χ0v) is 17.9. The first kappa shape index (κ1) is 19.2. The number of benzene rings is 1. The smallest absolute Gasteiger partial charge is 0.186 e. The third-order valence-electron chi connectivity index (χ3n) is 5.64. The van der Waals surface area contributed by atoms with Gasteiger partial charge in [-0.3, -0.25) is 4.98 Å². The topological polar surface area (TPSA) is 74.1 Å². The molecule has 6 nitrogen and oxygen atoms in total. The van der Waals surface area contributed by atoms with Crippen LogP contribution in [0.2, 0.25) is 0 Å². The van der Waals surface area contributed by atoms with Crippen molar-refractivity contribution in [1.29, 1.82) is 5.26 Å². The molecule has 2 aliphatic heterocycles. The second-order valence-electron chi connectivity index (χ2n) is 8.06. The lowest BCUT2D eigenvalue weighted by molar-refractivity contribution is -0.0881. The second kappa shape index (κ2) is 7.47. The number of rotatable bonds is 3. The van der Waals surface area contributed by atoms with Gasteiger partial charge in [0.05, 0.1) is 35.4 Å². The monoisotopic (exact) mass is 417 g/mol. The molecule has 1 N–H and O–H groups in total. The highest BCUT2D eigenvalue weighted by atomic mass is 32.1. The Morgan fingerprint density at radius 1 is 1.13 bits per heavy atom. The molecule has 2 fully saturated rings. The van der Waals surface area contributed by atoms with E-state index in [0.717, 1.165) is 64.4 Å². The van der Waals surface area contributed by atoms with Crippen LogP contribution < -0.4 is 10.2 Å².